The first-order chi connectivity index (χ1) is 17.9. The molecule has 2 amide bonds. The molecule has 3 aliphatic rings. The normalized spacial score (nSPS) is 23.5. The molecule has 6 rings (SSSR count). The van der Waals surface area contributed by atoms with E-state index in [0.717, 1.165) is 15.6 Å². The standard InChI is InChI=1S/C29H23BrN2O5/c1-36-21-12-7-17(15-22(21)37-2)27(33)26-24-23(25-20-6-4-3-5-16(20)13-14-31(25)26)28(34)32(29(24)35)19-10-8-18(30)9-11-19/h3-15,23-26H,1-2H3/t23-,24+,25?,26-/m0/s1. The summed E-state index contributed by atoms with van der Waals surface area (Å²) in [6.07, 6.45) is 3.78. The molecule has 0 aromatic heterocycles. The molecule has 4 atom stereocenters. The Morgan fingerprint density at radius 2 is 1.57 bits per heavy atom. The van der Waals surface area contributed by atoms with Gasteiger partial charge in [0.15, 0.2) is 17.3 Å². The molecule has 8 heteroatoms. The van der Waals surface area contributed by atoms with Gasteiger partial charge in [0, 0.05) is 16.2 Å². The third-order valence-electron chi connectivity index (χ3n) is 7.48. The van der Waals surface area contributed by atoms with Crippen molar-refractivity contribution in [1.29, 1.82) is 0 Å². The summed E-state index contributed by atoms with van der Waals surface area (Å²) in [5.74, 6) is -1.52. The molecule has 2 fully saturated rings. The van der Waals surface area contributed by atoms with Gasteiger partial charge in [-0.1, -0.05) is 40.2 Å². The molecule has 0 bridgehead atoms. The largest absolute Gasteiger partial charge is 0.493 e. The fourth-order valence-electron chi connectivity index (χ4n) is 5.86. The Bertz CT molecular complexity index is 1470. The van der Waals surface area contributed by atoms with E-state index in [4.69, 9.17) is 9.47 Å². The number of hydrogen-bond acceptors (Lipinski definition) is 6. The van der Waals surface area contributed by atoms with E-state index in [0.29, 0.717) is 22.7 Å². The van der Waals surface area contributed by atoms with Gasteiger partial charge in [0.25, 0.3) is 0 Å². The zero-order valence-corrected chi connectivity index (χ0v) is 21.7. The second-order valence-electron chi connectivity index (χ2n) is 9.26. The Morgan fingerprint density at radius 1 is 0.865 bits per heavy atom. The molecule has 0 N–H and O–H groups in total. The highest BCUT2D eigenvalue weighted by molar-refractivity contribution is 9.10. The Kier molecular flexibility index (Phi) is 5.64. The second-order valence-corrected chi connectivity index (χ2v) is 10.2. The lowest BCUT2D eigenvalue weighted by Crippen LogP contribution is -2.44. The quantitative estimate of drug-likeness (QED) is 0.328. The number of hydrogen-bond donors (Lipinski definition) is 0. The lowest BCUT2D eigenvalue weighted by Gasteiger charge is -2.35. The predicted molar refractivity (Wildman–Crippen MR) is 141 cm³/mol. The summed E-state index contributed by atoms with van der Waals surface area (Å²) in [4.78, 5) is 45.1. The maximum atomic E-state index is 14.1. The minimum absolute atomic E-state index is 0.249. The molecule has 0 saturated carbocycles. The summed E-state index contributed by atoms with van der Waals surface area (Å²) in [7, 11) is 3.04. The van der Waals surface area contributed by atoms with Crippen molar-refractivity contribution in [3.05, 3.63) is 94.1 Å². The number of fused-ring (bicyclic) bond motifs is 5. The summed E-state index contributed by atoms with van der Waals surface area (Å²) in [5.41, 5.74) is 2.79. The molecule has 3 aromatic rings. The highest BCUT2D eigenvalue weighted by atomic mass is 79.9. The van der Waals surface area contributed by atoms with E-state index in [1.54, 1.807) is 42.5 Å². The van der Waals surface area contributed by atoms with E-state index in [1.165, 1.54) is 19.1 Å². The number of imide groups is 1. The minimum atomic E-state index is -0.852. The average Bonchev–Trinajstić information content (AvgIpc) is 3.40. The highest BCUT2D eigenvalue weighted by Crippen LogP contribution is 2.53. The predicted octanol–water partition coefficient (Wildman–Crippen LogP) is 4.86. The maximum Gasteiger partial charge on any atom is 0.240 e. The van der Waals surface area contributed by atoms with Crippen LogP contribution >= 0.6 is 15.9 Å². The van der Waals surface area contributed by atoms with E-state index < -0.39 is 23.9 Å². The average molecular weight is 559 g/mol. The van der Waals surface area contributed by atoms with Crippen LogP contribution in [-0.4, -0.2) is 42.8 Å². The van der Waals surface area contributed by atoms with Gasteiger partial charge in [-0.2, -0.15) is 0 Å². The first kappa shape index (κ1) is 23.5. The van der Waals surface area contributed by atoms with Crippen molar-refractivity contribution in [2.75, 3.05) is 19.1 Å². The van der Waals surface area contributed by atoms with Crippen LogP contribution in [0.4, 0.5) is 5.69 Å². The molecule has 2 saturated heterocycles. The molecular weight excluding hydrogens is 536 g/mol. The smallest absolute Gasteiger partial charge is 0.240 e. The van der Waals surface area contributed by atoms with Crippen molar-refractivity contribution in [2.24, 2.45) is 11.8 Å². The molecule has 186 valence electrons. The number of halogens is 1. The molecule has 1 unspecified atom stereocenters. The summed E-state index contributed by atoms with van der Waals surface area (Å²) in [6, 6.07) is 18.5. The fourth-order valence-corrected chi connectivity index (χ4v) is 6.13. The third kappa shape index (κ3) is 3.50. The lowest BCUT2D eigenvalue weighted by molar-refractivity contribution is -0.123. The number of carbonyl (C=O) groups excluding carboxylic acids is 3. The molecule has 7 nitrogen and oxygen atoms in total. The number of methoxy groups -OCH3 is 2. The maximum absolute atomic E-state index is 14.1. The van der Waals surface area contributed by atoms with E-state index in [-0.39, 0.29) is 17.6 Å². The van der Waals surface area contributed by atoms with E-state index in [9.17, 15) is 14.4 Å². The number of anilines is 1. The molecule has 3 aliphatic heterocycles. The number of Topliss-reactive ketones (excluding diaryl/α,β-unsaturated/α-hetero) is 1. The molecule has 37 heavy (non-hydrogen) atoms. The van der Waals surface area contributed by atoms with E-state index >= 15 is 0 Å². The van der Waals surface area contributed by atoms with Crippen LogP contribution in [0.1, 0.15) is 27.5 Å². The number of carbonyl (C=O) groups is 3. The van der Waals surface area contributed by atoms with Crippen LogP contribution < -0.4 is 14.4 Å². The van der Waals surface area contributed by atoms with Gasteiger partial charge >= 0.3 is 0 Å². The first-order valence-corrected chi connectivity index (χ1v) is 12.7. The van der Waals surface area contributed by atoms with Crippen LogP contribution in [0.3, 0.4) is 0 Å². The number of amides is 2. The molecule has 0 aliphatic carbocycles. The van der Waals surface area contributed by atoms with Crippen LogP contribution in [0.2, 0.25) is 0 Å². The molecule has 0 spiro atoms. The molecular formula is C29H23BrN2O5. The van der Waals surface area contributed by atoms with Gasteiger partial charge in [0.05, 0.1) is 37.8 Å². The van der Waals surface area contributed by atoms with Gasteiger partial charge in [-0.3, -0.25) is 14.4 Å². The molecule has 3 aromatic carbocycles. The fraction of sp³-hybridized carbons (Fsp3) is 0.207. The number of nitrogens with zero attached hydrogens (tertiary/aromatic N) is 2. The lowest BCUT2D eigenvalue weighted by atomic mass is 9.83. The van der Waals surface area contributed by atoms with Crippen molar-refractivity contribution in [3.8, 4) is 11.5 Å². The Morgan fingerprint density at radius 3 is 2.30 bits per heavy atom. The summed E-state index contributed by atoms with van der Waals surface area (Å²) >= 11 is 3.41. The van der Waals surface area contributed by atoms with Gasteiger partial charge < -0.3 is 14.4 Å². The topological polar surface area (TPSA) is 76.2 Å². The summed E-state index contributed by atoms with van der Waals surface area (Å²) < 4.78 is 11.6. The third-order valence-corrected chi connectivity index (χ3v) is 8.01. The number of ketones is 1. The Labute approximate surface area is 222 Å². The summed E-state index contributed by atoms with van der Waals surface area (Å²) in [5, 5.41) is 0. The number of benzene rings is 3. The Balaban J connectivity index is 1.48. The van der Waals surface area contributed by atoms with E-state index in [1.807, 2.05) is 41.4 Å². The second kappa shape index (κ2) is 8.88. The molecule has 3 heterocycles. The van der Waals surface area contributed by atoms with Gasteiger partial charge in [-0.05, 0) is 59.7 Å². The molecule has 0 radical (unpaired) electrons. The van der Waals surface area contributed by atoms with E-state index in [2.05, 4.69) is 15.9 Å². The van der Waals surface area contributed by atoms with Crippen LogP contribution in [0.5, 0.6) is 11.5 Å². The van der Waals surface area contributed by atoms with Crippen molar-refractivity contribution in [1.82, 2.24) is 4.90 Å². The van der Waals surface area contributed by atoms with Gasteiger partial charge in [0.1, 0.15) is 6.04 Å². The van der Waals surface area contributed by atoms with Crippen LogP contribution in [0.15, 0.2) is 77.4 Å². The van der Waals surface area contributed by atoms with Crippen LogP contribution in [0, 0.1) is 11.8 Å². The van der Waals surface area contributed by atoms with Crippen molar-refractivity contribution in [2.45, 2.75) is 12.1 Å². The Hall–Kier alpha value is -3.91. The van der Waals surface area contributed by atoms with Crippen LogP contribution in [-0.2, 0) is 9.59 Å². The summed E-state index contributed by atoms with van der Waals surface area (Å²) in [6.45, 7) is 0. The first-order valence-electron chi connectivity index (χ1n) is 11.9. The highest BCUT2D eigenvalue weighted by Gasteiger charge is 2.64. The zero-order chi connectivity index (χ0) is 25.8. The van der Waals surface area contributed by atoms with Gasteiger partial charge in [0.2, 0.25) is 11.8 Å². The number of rotatable bonds is 5. The zero-order valence-electron chi connectivity index (χ0n) is 20.1. The van der Waals surface area contributed by atoms with Gasteiger partial charge in [-0.25, -0.2) is 4.90 Å². The van der Waals surface area contributed by atoms with Crippen molar-refractivity contribution >= 4 is 45.3 Å². The van der Waals surface area contributed by atoms with Crippen molar-refractivity contribution in [3.63, 3.8) is 0 Å². The number of ether oxygens (including phenoxy) is 2. The van der Waals surface area contributed by atoms with Crippen molar-refractivity contribution < 1.29 is 23.9 Å². The monoisotopic (exact) mass is 558 g/mol. The van der Waals surface area contributed by atoms with Crippen LogP contribution in [0.25, 0.3) is 6.08 Å². The van der Waals surface area contributed by atoms with Gasteiger partial charge in [-0.15, -0.1) is 0 Å². The SMILES string of the molecule is COc1ccc(C(=O)[C@@H]2[C@@H]3C(=O)N(c4ccc(Br)cc4)C(=O)[C@@H]3C3c4ccccc4C=CN32)cc1OC. The minimum Gasteiger partial charge on any atom is -0.493 e.